The van der Waals surface area contributed by atoms with Gasteiger partial charge in [-0.15, -0.1) is 0 Å². The largest absolute Gasteiger partial charge is 0.507 e. The predicted octanol–water partition coefficient (Wildman–Crippen LogP) is 2.48. The van der Waals surface area contributed by atoms with Gasteiger partial charge in [-0.3, -0.25) is 4.79 Å². The fourth-order valence-corrected chi connectivity index (χ4v) is 1.75. The highest BCUT2D eigenvalue weighted by atomic mass is 19.1. The van der Waals surface area contributed by atoms with E-state index in [1.165, 1.54) is 24.4 Å². The number of amides is 1. The number of aromatic hydroxyl groups is 1. The number of hydrazone groups is 1. The van der Waals surface area contributed by atoms with Gasteiger partial charge in [0.05, 0.1) is 6.21 Å². The Bertz CT molecular complexity index is 689. The van der Waals surface area contributed by atoms with Crippen LogP contribution in [0.25, 0.3) is 0 Å². The van der Waals surface area contributed by atoms with Crippen molar-refractivity contribution in [2.45, 2.75) is 13.0 Å². The highest BCUT2D eigenvalue weighted by molar-refractivity contribution is 5.87. The first-order valence-corrected chi connectivity index (χ1v) is 6.69. The molecule has 5 nitrogen and oxygen atoms in total. The number of para-hydroxylation sites is 1. The summed E-state index contributed by atoms with van der Waals surface area (Å²) in [6.07, 6.45) is 1.35. The molecule has 0 fully saturated rings. The lowest BCUT2D eigenvalue weighted by Crippen LogP contribution is -2.34. The number of benzene rings is 2. The molecular weight excluding hydrogens is 285 g/mol. The van der Waals surface area contributed by atoms with Crippen LogP contribution in [-0.4, -0.2) is 23.3 Å². The standard InChI is InChI=1S/C16H16FN3O2/c1-11(19-14-7-4-6-13(17)9-14)16(22)20-18-10-12-5-2-3-8-15(12)21/h2-11,19,21H,1H3,(H,20,22). The summed E-state index contributed by atoms with van der Waals surface area (Å²) in [5, 5.41) is 16.2. The molecule has 0 bridgehead atoms. The first-order chi connectivity index (χ1) is 10.6. The molecule has 0 spiro atoms. The van der Waals surface area contributed by atoms with Gasteiger partial charge in [0.15, 0.2) is 0 Å². The number of hydrogen-bond donors (Lipinski definition) is 3. The van der Waals surface area contributed by atoms with E-state index >= 15 is 0 Å². The molecule has 0 aromatic heterocycles. The van der Waals surface area contributed by atoms with Gasteiger partial charge in [-0.1, -0.05) is 18.2 Å². The molecule has 0 aliphatic carbocycles. The Morgan fingerprint density at radius 3 is 2.77 bits per heavy atom. The molecule has 3 N–H and O–H groups in total. The molecule has 6 heteroatoms. The number of nitrogens with zero attached hydrogens (tertiary/aromatic N) is 1. The Hall–Kier alpha value is -2.89. The van der Waals surface area contributed by atoms with E-state index in [2.05, 4.69) is 15.8 Å². The van der Waals surface area contributed by atoms with E-state index in [4.69, 9.17) is 0 Å². The molecule has 114 valence electrons. The van der Waals surface area contributed by atoms with E-state index in [0.717, 1.165) is 0 Å². The van der Waals surface area contributed by atoms with Crippen LogP contribution >= 0.6 is 0 Å². The second kappa shape index (κ2) is 7.21. The maximum Gasteiger partial charge on any atom is 0.262 e. The molecular formula is C16H16FN3O2. The fourth-order valence-electron chi connectivity index (χ4n) is 1.75. The van der Waals surface area contributed by atoms with Gasteiger partial charge >= 0.3 is 0 Å². The van der Waals surface area contributed by atoms with Crippen molar-refractivity contribution < 1.29 is 14.3 Å². The lowest BCUT2D eigenvalue weighted by molar-refractivity contribution is -0.121. The monoisotopic (exact) mass is 301 g/mol. The first kappa shape index (κ1) is 15.5. The third-order valence-electron chi connectivity index (χ3n) is 2.92. The Balaban J connectivity index is 1.90. The van der Waals surface area contributed by atoms with Crippen LogP contribution in [0.2, 0.25) is 0 Å². The number of halogens is 1. The summed E-state index contributed by atoms with van der Waals surface area (Å²) in [7, 11) is 0. The number of phenolic OH excluding ortho intramolecular Hbond substituents is 1. The van der Waals surface area contributed by atoms with E-state index < -0.39 is 6.04 Å². The third-order valence-corrected chi connectivity index (χ3v) is 2.92. The summed E-state index contributed by atoms with van der Waals surface area (Å²) >= 11 is 0. The second-order valence-corrected chi connectivity index (χ2v) is 4.67. The SMILES string of the molecule is CC(Nc1cccc(F)c1)C(=O)NN=Cc1ccccc1O. The summed E-state index contributed by atoms with van der Waals surface area (Å²) in [6, 6.07) is 11.9. The van der Waals surface area contributed by atoms with E-state index in [-0.39, 0.29) is 17.5 Å². The van der Waals surface area contributed by atoms with E-state index in [9.17, 15) is 14.3 Å². The number of nitrogens with one attached hydrogen (secondary N) is 2. The van der Waals surface area contributed by atoms with Gasteiger partial charge in [0.1, 0.15) is 17.6 Å². The van der Waals surface area contributed by atoms with Crippen LogP contribution < -0.4 is 10.7 Å². The van der Waals surface area contributed by atoms with Crippen LogP contribution in [0.4, 0.5) is 10.1 Å². The van der Waals surface area contributed by atoms with Crippen molar-refractivity contribution in [3.8, 4) is 5.75 Å². The van der Waals surface area contributed by atoms with Gasteiger partial charge in [-0.2, -0.15) is 5.10 Å². The number of rotatable bonds is 5. The average Bonchev–Trinajstić information content (AvgIpc) is 2.49. The Kier molecular flexibility index (Phi) is 5.08. The molecule has 0 aliphatic rings. The summed E-state index contributed by atoms with van der Waals surface area (Å²) < 4.78 is 13.1. The highest BCUT2D eigenvalue weighted by Crippen LogP contribution is 2.12. The summed E-state index contributed by atoms with van der Waals surface area (Å²) in [4.78, 5) is 11.9. The highest BCUT2D eigenvalue weighted by Gasteiger charge is 2.11. The molecule has 22 heavy (non-hydrogen) atoms. The molecule has 2 rings (SSSR count). The zero-order valence-corrected chi connectivity index (χ0v) is 12.0. The minimum Gasteiger partial charge on any atom is -0.507 e. The first-order valence-electron chi connectivity index (χ1n) is 6.69. The topological polar surface area (TPSA) is 73.7 Å². The number of hydrogen-bond acceptors (Lipinski definition) is 4. The number of anilines is 1. The molecule has 2 aromatic rings. The maximum absolute atomic E-state index is 13.1. The molecule has 0 saturated carbocycles. The van der Waals surface area contributed by atoms with Crippen LogP contribution in [0.15, 0.2) is 53.6 Å². The van der Waals surface area contributed by atoms with Crippen molar-refractivity contribution in [3.05, 3.63) is 59.9 Å². The minimum absolute atomic E-state index is 0.0754. The number of carbonyl (C=O) groups is 1. The van der Waals surface area contributed by atoms with Crippen LogP contribution in [0.5, 0.6) is 5.75 Å². The van der Waals surface area contributed by atoms with Crippen LogP contribution in [0.1, 0.15) is 12.5 Å². The van der Waals surface area contributed by atoms with Crippen molar-refractivity contribution in [3.63, 3.8) is 0 Å². The van der Waals surface area contributed by atoms with Crippen LogP contribution in [0, 0.1) is 5.82 Å². The Labute approximate surface area is 127 Å². The smallest absolute Gasteiger partial charge is 0.262 e. The van der Waals surface area contributed by atoms with Gasteiger partial charge in [0, 0.05) is 11.3 Å². The quantitative estimate of drug-likeness (QED) is 0.587. The minimum atomic E-state index is -0.594. The van der Waals surface area contributed by atoms with Gasteiger partial charge in [0.2, 0.25) is 0 Å². The van der Waals surface area contributed by atoms with Crippen molar-refractivity contribution in [2.75, 3.05) is 5.32 Å². The fraction of sp³-hybridized carbons (Fsp3) is 0.125. The Morgan fingerprint density at radius 2 is 2.05 bits per heavy atom. The average molecular weight is 301 g/mol. The van der Waals surface area contributed by atoms with Gasteiger partial charge in [0.25, 0.3) is 5.91 Å². The zero-order valence-electron chi connectivity index (χ0n) is 12.0. The number of carbonyl (C=O) groups excluding carboxylic acids is 1. The van der Waals surface area contributed by atoms with E-state index in [1.54, 1.807) is 37.3 Å². The van der Waals surface area contributed by atoms with E-state index in [0.29, 0.717) is 11.3 Å². The lowest BCUT2D eigenvalue weighted by atomic mass is 10.2. The van der Waals surface area contributed by atoms with Gasteiger partial charge < -0.3 is 10.4 Å². The van der Waals surface area contributed by atoms with E-state index in [1.807, 2.05) is 0 Å². The van der Waals surface area contributed by atoms with Crippen molar-refractivity contribution in [2.24, 2.45) is 5.10 Å². The summed E-state index contributed by atoms with van der Waals surface area (Å²) in [6.45, 7) is 1.63. The predicted molar refractivity (Wildman–Crippen MR) is 83.3 cm³/mol. The van der Waals surface area contributed by atoms with Gasteiger partial charge in [-0.25, -0.2) is 9.82 Å². The molecule has 1 unspecified atom stereocenters. The van der Waals surface area contributed by atoms with Crippen LogP contribution in [0.3, 0.4) is 0 Å². The van der Waals surface area contributed by atoms with Crippen molar-refractivity contribution >= 4 is 17.8 Å². The maximum atomic E-state index is 13.1. The summed E-state index contributed by atoms with van der Waals surface area (Å²) in [5.41, 5.74) is 3.36. The summed E-state index contributed by atoms with van der Waals surface area (Å²) in [5.74, 6) is -0.683. The Morgan fingerprint density at radius 1 is 1.27 bits per heavy atom. The normalized spacial score (nSPS) is 12.1. The third kappa shape index (κ3) is 4.31. The van der Waals surface area contributed by atoms with Crippen LogP contribution in [-0.2, 0) is 4.79 Å². The number of phenols is 1. The second-order valence-electron chi connectivity index (χ2n) is 4.67. The van der Waals surface area contributed by atoms with Gasteiger partial charge in [-0.05, 0) is 37.3 Å². The van der Waals surface area contributed by atoms with Crippen molar-refractivity contribution in [1.82, 2.24) is 5.43 Å². The lowest BCUT2D eigenvalue weighted by Gasteiger charge is -2.13. The molecule has 0 radical (unpaired) electrons. The molecule has 0 aliphatic heterocycles. The molecule has 0 saturated heterocycles. The molecule has 2 aromatic carbocycles. The molecule has 1 amide bonds. The van der Waals surface area contributed by atoms with Crippen molar-refractivity contribution in [1.29, 1.82) is 0 Å². The molecule has 0 heterocycles. The zero-order chi connectivity index (χ0) is 15.9. The molecule has 1 atom stereocenters.